The highest BCUT2D eigenvalue weighted by molar-refractivity contribution is 7.17. The maximum atomic E-state index is 12.6. The molecule has 0 fully saturated rings. The van der Waals surface area contributed by atoms with Crippen LogP contribution >= 0.6 is 11.3 Å². The van der Waals surface area contributed by atoms with Gasteiger partial charge in [0.2, 0.25) is 0 Å². The lowest BCUT2D eigenvalue weighted by atomic mass is 10.1. The van der Waals surface area contributed by atoms with E-state index in [0.29, 0.717) is 30.2 Å². The van der Waals surface area contributed by atoms with Gasteiger partial charge in [-0.2, -0.15) is 0 Å². The van der Waals surface area contributed by atoms with Crippen molar-refractivity contribution in [3.05, 3.63) is 40.3 Å². The molecule has 3 aromatic rings. The molecule has 3 rings (SSSR count). The van der Waals surface area contributed by atoms with Gasteiger partial charge in [0.25, 0.3) is 5.56 Å². The van der Waals surface area contributed by atoms with Crippen molar-refractivity contribution in [1.82, 2.24) is 9.55 Å². The normalized spacial score (nSPS) is 11.0. The molecule has 0 amide bonds. The summed E-state index contributed by atoms with van der Waals surface area (Å²) in [5.41, 5.74) is 2.69. The van der Waals surface area contributed by atoms with E-state index in [1.54, 1.807) is 10.9 Å². The standard InChI is InChI=1S/C19H22N2O3S/c1-4-9-21-12-20-17-14(11-25-18(17)19(21)22)13-7-8-15(23-5-2)16(10-13)24-6-3/h7-8,10-12H,4-6,9H2,1-3H3. The van der Waals surface area contributed by atoms with Gasteiger partial charge in [-0.1, -0.05) is 13.0 Å². The number of benzene rings is 1. The predicted molar refractivity (Wildman–Crippen MR) is 102 cm³/mol. The van der Waals surface area contributed by atoms with Gasteiger partial charge in [-0.15, -0.1) is 11.3 Å². The maximum Gasteiger partial charge on any atom is 0.271 e. The lowest BCUT2D eigenvalue weighted by molar-refractivity contribution is 0.288. The molecule has 0 aliphatic carbocycles. The molecule has 0 atom stereocenters. The molecule has 5 nitrogen and oxygen atoms in total. The van der Waals surface area contributed by atoms with Gasteiger partial charge in [-0.05, 0) is 38.0 Å². The minimum atomic E-state index is 0.0269. The highest BCUT2D eigenvalue weighted by atomic mass is 32.1. The first-order valence-electron chi connectivity index (χ1n) is 8.56. The second-order valence-electron chi connectivity index (χ2n) is 5.60. The zero-order chi connectivity index (χ0) is 17.8. The minimum Gasteiger partial charge on any atom is -0.490 e. The average Bonchev–Trinajstić information content (AvgIpc) is 3.04. The fourth-order valence-electron chi connectivity index (χ4n) is 2.77. The molecule has 6 heteroatoms. The fourth-order valence-corrected chi connectivity index (χ4v) is 3.74. The average molecular weight is 358 g/mol. The number of aryl methyl sites for hydroxylation is 1. The Balaban J connectivity index is 2.09. The first kappa shape index (κ1) is 17.5. The van der Waals surface area contributed by atoms with Crippen LogP contribution in [0.2, 0.25) is 0 Å². The highest BCUT2D eigenvalue weighted by Crippen LogP contribution is 2.36. The monoisotopic (exact) mass is 358 g/mol. The third-order valence-corrected chi connectivity index (χ3v) is 4.82. The number of ether oxygens (including phenoxy) is 2. The molecular weight excluding hydrogens is 336 g/mol. The van der Waals surface area contributed by atoms with Gasteiger partial charge in [0.15, 0.2) is 11.5 Å². The van der Waals surface area contributed by atoms with E-state index in [1.807, 2.05) is 44.4 Å². The molecule has 0 unspecified atom stereocenters. The van der Waals surface area contributed by atoms with Crippen LogP contribution < -0.4 is 15.0 Å². The summed E-state index contributed by atoms with van der Waals surface area (Å²) in [5, 5.41) is 1.99. The van der Waals surface area contributed by atoms with Crippen LogP contribution in [0.5, 0.6) is 11.5 Å². The maximum absolute atomic E-state index is 12.6. The van der Waals surface area contributed by atoms with E-state index in [4.69, 9.17) is 9.47 Å². The van der Waals surface area contributed by atoms with Gasteiger partial charge >= 0.3 is 0 Å². The van der Waals surface area contributed by atoms with Crippen LogP contribution in [-0.4, -0.2) is 22.8 Å². The Labute approximate surface area is 150 Å². The first-order chi connectivity index (χ1) is 12.2. The van der Waals surface area contributed by atoms with Crippen molar-refractivity contribution in [1.29, 1.82) is 0 Å². The van der Waals surface area contributed by atoms with E-state index in [-0.39, 0.29) is 5.56 Å². The number of nitrogens with zero attached hydrogens (tertiary/aromatic N) is 2. The lowest BCUT2D eigenvalue weighted by Crippen LogP contribution is -2.19. The van der Waals surface area contributed by atoms with Crippen LogP contribution in [0, 0.1) is 0 Å². The quantitative estimate of drug-likeness (QED) is 0.631. The summed E-state index contributed by atoms with van der Waals surface area (Å²) in [6.07, 6.45) is 2.55. The van der Waals surface area contributed by atoms with Gasteiger partial charge in [-0.3, -0.25) is 9.36 Å². The summed E-state index contributed by atoms with van der Waals surface area (Å²) in [5.74, 6) is 1.44. The molecule has 25 heavy (non-hydrogen) atoms. The van der Waals surface area contributed by atoms with Gasteiger partial charge in [-0.25, -0.2) is 4.98 Å². The molecule has 1 aromatic carbocycles. The summed E-state index contributed by atoms with van der Waals surface area (Å²) in [6.45, 7) is 7.77. The van der Waals surface area contributed by atoms with Crippen molar-refractivity contribution in [3.8, 4) is 22.6 Å². The highest BCUT2D eigenvalue weighted by Gasteiger charge is 2.14. The molecular formula is C19H22N2O3S. The molecule has 2 aromatic heterocycles. The van der Waals surface area contributed by atoms with Crippen LogP contribution in [0.25, 0.3) is 21.3 Å². The van der Waals surface area contributed by atoms with Gasteiger partial charge in [0.05, 0.1) is 25.1 Å². The van der Waals surface area contributed by atoms with Crippen LogP contribution in [0.15, 0.2) is 34.7 Å². The van der Waals surface area contributed by atoms with E-state index in [0.717, 1.165) is 28.8 Å². The van der Waals surface area contributed by atoms with E-state index < -0.39 is 0 Å². The van der Waals surface area contributed by atoms with Crippen molar-refractivity contribution in [3.63, 3.8) is 0 Å². The van der Waals surface area contributed by atoms with Crippen molar-refractivity contribution in [2.75, 3.05) is 13.2 Å². The Bertz CT molecular complexity index is 930. The Kier molecular flexibility index (Phi) is 5.38. The molecule has 0 aliphatic rings. The van der Waals surface area contributed by atoms with E-state index >= 15 is 0 Å². The summed E-state index contributed by atoms with van der Waals surface area (Å²) in [6, 6.07) is 5.84. The van der Waals surface area contributed by atoms with Crippen molar-refractivity contribution >= 4 is 21.6 Å². The number of hydrogen-bond acceptors (Lipinski definition) is 5. The van der Waals surface area contributed by atoms with E-state index in [1.165, 1.54) is 11.3 Å². The lowest BCUT2D eigenvalue weighted by Gasteiger charge is -2.12. The molecule has 0 N–H and O–H groups in total. The van der Waals surface area contributed by atoms with Crippen LogP contribution in [0.3, 0.4) is 0 Å². The number of aromatic nitrogens is 2. The van der Waals surface area contributed by atoms with Gasteiger partial charge in [0.1, 0.15) is 4.70 Å². The Morgan fingerprint density at radius 3 is 2.60 bits per heavy atom. The largest absolute Gasteiger partial charge is 0.490 e. The van der Waals surface area contributed by atoms with Gasteiger partial charge < -0.3 is 9.47 Å². The predicted octanol–water partition coefficient (Wildman–Crippen LogP) is 4.33. The van der Waals surface area contributed by atoms with Crippen LogP contribution in [0.4, 0.5) is 0 Å². The molecule has 2 heterocycles. The molecule has 132 valence electrons. The van der Waals surface area contributed by atoms with Crippen LogP contribution in [-0.2, 0) is 6.54 Å². The Morgan fingerprint density at radius 1 is 1.12 bits per heavy atom. The number of thiophene rings is 1. The molecule has 0 aliphatic heterocycles. The number of hydrogen-bond donors (Lipinski definition) is 0. The second-order valence-corrected chi connectivity index (χ2v) is 6.48. The summed E-state index contributed by atoms with van der Waals surface area (Å²) < 4.78 is 13.7. The Morgan fingerprint density at radius 2 is 1.88 bits per heavy atom. The summed E-state index contributed by atoms with van der Waals surface area (Å²) in [7, 11) is 0. The molecule has 0 bridgehead atoms. The van der Waals surface area contributed by atoms with E-state index in [9.17, 15) is 4.79 Å². The third kappa shape index (κ3) is 3.39. The van der Waals surface area contributed by atoms with Crippen molar-refractivity contribution < 1.29 is 9.47 Å². The topological polar surface area (TPSA) is 53.4 Å². The zero-order valence-corrected chi connectivity index (χ0v) is 15.6. The van der Waals surface area contributed by atoms with Crippen molar-refractivity contribution in [2.24, 2.45) is 0 Å². The van der Waals surface area contributed by atoms with Crippen molar-refractivity contribution in [2.45, 2.75) is 33.7 Å². The molecule has 0 saturated carbocycles. The van der Waals surface area contributed by atoms with Gasteiger partial charge in [0, 0.05) is 17.5 Å². The van der Waals surface area contributed by atoms with Crippen LogP contribution in [0.1, 0.15) is 27.2 Å². The summed E-state index contributed by atoms with van der Waals surface area (Å²) >= 11 is 1.44. The van der Waals surface area contributed by atoms with E-state index in [2.05, 4.69) is 4.98 Å². The zero-order valence-electron chi connectivity index (χ0n) is 14.7. The minimum absolute atomic E-state index is 0.0269. The fraction of sp³-hybridized carbons (Fsp3) is 0.368. The molecule has 0 radical (unpaired) electrons. The molecule has 0 spiro atoms. The summed E-state index contributed by atoms with van der Waals surface area (Å²) in [4.78, 5) is 17.1. The Hall–Kier alpha value is -2.34. The number of fused-ring (bicyclic) bond motifs is 1. The SMILES string of the molecule is CCCn1cnc2c(-c3ccc(OCC)c(OCC)c3)csc2c1=O. The third-order valence-electron chi connectivity index (χ3n) is 3.87. The molecule has 0 saturated heterocycles. The second kappa shape index (κ2) is 7.70. The first-order valence-corrected chi connectivity index (χ1v) is 9.44. The smallest absolute Gasteiger partial charge is 0.271 e. The number of rotatable bonds is 7.